The van der Waals surface area contributed by atoms with Crippen LogP contribution in [0.4, 0.5) is 5.69 Å². The van der Waals surface area contributed by atoms with Crippen molar-refractivity contribution in [1.82, 2.24) is 0 Å². The number of amidine groups is 1. The zero-order chi connectivity index (χ0) is 15.9. The molecular weight excluding hydrogens is 300 g/mol. The number of nitrogens with two attached hydrogens (primary N) is 1. The highest BCUT2D eigenvalue weighted by atomic mass is 32.2. The van der Waals surface area contributed by atoms with Gasteiger partial charge in [0.05, 0.1) is 5.69 Å². The van der Waals surface area contributed by atoms with Crippen LogP contribution in [0.5, 0.6) is 0 Å². The SMILES string of the molecule is NC(=Nc1ccccc1)SCc1ccc(-c2ccccc2)cc1. The fourth-order valence-corrected chi connectivity index (χ4v) is 2.92. The number of hydrogen-bond donors (Lipinski definition) is 1. The molecule has 0 spiro atoms. The minimum Gasteiger partial charge on any atom is -0.378 e. The van der Waals surface area contributed by atoms with Crippen molar-refractivity contribution in [2.45, 2.75) is 5.75 Å². The number of aliphatic imine (C=N–C) groups is 1. The van der Waals surface area contributed by atoms with E-state index in [-0.39, 0.29) is 0 Å². The lowest BCUT2D eigenvalue weighted by Crippen LogP contribution is -2.06. The third-order valence-corrected chi connectivity index (χ3v) is 4.31. The lowest BCUT2D eigenvalue weighted by Gasteiger charge is -2.05. The zero-order valence-corrected chi connectivity index (χ0v) is 13.5. The van der Waals surface area contributed by atoms with Crippen LogP contribution >= 0.6 is 11.8 Å². The van der Waals surface area contributed by atoms with Gasteiger partial charge < -0.3 is 5.73 Å². The largest absolute Gasteiger partial charge is 0.378 e. The predicted octanol–water partition coefficient (Wildman–Crippen LogP) is 5.23. The Morgan fingerprint density at radius 1 is 0.739 bits per heavy atom. The van der Waals surface area contributed by atoms with Crippen molar-refractivity contribution < 1.29 is 0 Å². The van der Waals surface area contributed by atoms with E-state index < -0.39 is 0 Å². The molecule has 3 heteroatoms. The standard InChI is InChI=1S/C20H18N2S/c21-20(22-19-9-5-2-6-10-19)23-15-16-11-13-18(14-12-16)17-7-3-1-4-8-17/h1-14H,15H2,(H2,21,22). The average molecular weight is 318 g/mol. The molecule has 0 fully saturated rings. The summed E-state index contributed by atoms with van der Waals surface area (Å²) in [6.07, 6.45) is 0. The minimum atomic E-state index is 0.586. The van der Waals surface area contributed by atoms with Gasteiger partial charge in [0.2, 0.25) is 0 Å². The maximum absolute atomic E-state index is 5.99. The molecule has 0 bridgehead atoms. The first-order valence-electron chi connectivity index (χ1n) is 7.47. The molecule has 0 amide bonds. The van der Waals surface area contributed by atoms with E-state index in [1.807, 2.05) is 36.4 Å². The molecule has 0 radical (unpaired) electrons. The number of hydrogen-bond acceptors (Lipinski definition) is 2. The van der Waals surface area contributed by atoms with Gasteiger partial charge in [-0.15, -0.1) is 0 Å². The maximum atomic E-state index is 5.99. The number of thioether (sulfide) groups is 1. The molecule has 0 atom stereocenters. The van der Waals surface area contributed by atoms with Crippen molar-refractivity contribution in [3.63, 3.8) is 0 Å². The van der Waals surface area contributed by atoms with Crippen LogP contribution in [0, 0.1) is 0 Å². The second-order valence-corrected chi connectivity index (χ2v) is 6.13. The summed E-state index contributed by atoms with van der Waals surface area (Å²) < 4.78 is 0. The summed E-state index contributed by atoms with van der Waals surface area (Å²) in [7, 11) is 0. The van der Waals surface area contributed by atoms with Crippen molar-refractivity contribution in [2.75, 3.05) is 0 Å². The molecule has 0 aliphatic rings. The summed E-state index contributed by atoms with van der Waals surface area (Å²) >= 11 is 1.55. The molecule has 2 N–H and O–H groups in total. The van der Waals surface area contributed by atoms with Crippen molar-refractivity contribution in [1.29, 1.82) is 0 Å². The van der Waals surface area contributed by atoms with E-state index in [0.717, 1.165) is 11.4 Å². The van der Waals surface area contributed by atoms with Gasteiger partial charge in [0.25, 0.3) is 0 Å². The maximum Gasteiger partial charge on any atom is 0.159 e. The number of benzene rings is 3. The quantitative estimate of drug-likeness (QED) is 0.528. The van der Waals surface area contributed by atoms with Crippen molar-refractivity contribution in [3.8, 4) is 11.1 Å². The predicted molar refractivity (Wildman–Crippen MR) is 101 cm³/mol. The van der Waals surface area contributed by atoms with Gasteiger partial charge in [-0.05, 0) is 28.8 Å². The number of para-hydroxylation sites is 1. The fraction of sp³-hybridized carbons (Fsp3) is 0.0500. The van der Waals surface area contributed by atoms with Gasteiger partial charge in [-0.25, -0.2) is 4.99 Å². The topological polar surface area (TPSA) is 38.4 Å². The Balaban J connectivity index is 1.62. The van der Waals surface area contributed by atoms with E-state index in [2.05, 4.69) is 53.5 Å². The summed E-state index contributed by atoms with van der Waals surface area (Å²) in [5.74, 6) is 0.817. The van der Waals surface area contributed by atoms with Crippen LogP contribution in [0.3, 0.4) is 0 Å². The van der Waals surface area contributed by atoms with Crippen LogP contribution < -0.4 is 5.73 Å². The molecule has 23 heavy (non-hydrogen) atoms. The molecule has 0 aliphatic heterocycles. The van der Waals surface area contributed by atoms with Crippen molar-refractivity contribution in [2.24, 2.45) is 10.7 Å². The first-order chi connectivity index (χ1) is 11.3. The average Bonchev–Trinajstić information content (AvgIpc) is 2.62. The van der Waals surface area contributed by atoms with Gasteiger partial charge in [-0.2, -0.15) is 0 Å². The highest BCUT2D eigenvalue weighted by Crippen LogP contribution is 2.21. The highest BCUT2D eigenvalue weighted by Gasteiger charge is 2.00. The lowest BCUT2D eigenvalue weighted by atomic mass is 10.0. The van der Waals surface area contributed by atoms with Gasteiger partial charge in [-0.1, -0.05) is 84.6 Å². The van der Waals surface area contributed by atoms with Crippen LogP contribution in [0.15, 0.2) is 89.9 Å². The second-order valence-electron chi connectivity index (χ2n) is 5.14. The van der Waals surface area contributed by atoms with Gasteiger partial charge in [0.1, 0.15) is 0 Å². The third-order valence-electron chi connectivity index (χ3n) is 3.44. The van der Waals surface area contributed by atoms with Gasteiger partial charge in [0.15, 0.2) is 5.17 Å². The van der Waals surface area contributed by atoms with E-state index >= 15 is 0 Å². The van der Waals surface area contributed by atoms with Crippen LogP contribution in [0.1, 0.15) is 5.56 Å². The molecule has 114 valence electrons. The Labute approximate surface area is 141 Å². The Morgan fingerprint density at radius 2 is 1.30 bits per heavy atom. The Bertz CT molecular complexity index is 766. The Kier molecular flexibility index (Phi) is 5.12. The summed E-state index contributed by atoms with van der Waals surface area (Å²) in [6.45, 7) is 0. The molecule has 0 saturated carbocycles. The van der Waals surface area contributed by atoms with Crippen LogP contribution in [0.2, 0.25) is 0 Å². The summed E-state index contributed by atoms with van der Waals surface area (Å²) in [5.41, 5.74) is 10.6. The summed E-state index contributed by atoms with van der Waals surface area (Å²) in [5, 5.41) is 0.586. The summed E-state index contributed by atoms with van der Waals surface area (Å²) in [6, 6.07) is 28.7. The van der Waals surface area contributed by atoms with Gasteiger partial charge >= 0.3 is 0 Å². The first kappa shape index (κ1) is 15.4. The van der Waals surface area contributed by atoms with Crippen LogP contribution in [0.25, 0.3) is 11.1 Å². The van der Waals surface area contributed by atoms with Gasteiger partial charge in [0, 0.05) is 5.75 Å². The van der Waals surface area contributed by atoms with Crippen molar-refractivity contribution >= 4 is 22.6 Å². The van der Waals surface area contributed by atoms with E-state index in [4.69, 9.17) is 5.73 Å². The van der Waals surface area contributed by atoms with Crippen molar-refractivity contribution in [3.05, 3.63) is 90.5 Å². The molecular formula is C20H18N2S. The molecule has 3 aromatic rings. The van der Waals surface area contributed by atoms with Gasteiger partial charge in [-0.3, -0.25) is 0 Å². The smallest absolute Gasteiger partial charge is 0.159 e. The Hall–Kier alpha value is -2.52. The number of nitrogens with zero attached hydrogens (tertiary/aromatic N) is 1. The molecule has 2 nitrogen and oxygen atoms in total. The minimum absolute atomic E-state index is 0.586. The molecule has 0 aromatic heterocycles. The second kappa shape index (κ2) is 7.65. The molecule has 0 unspecified atom stereocenters. The Morgan fingerprint density at radius 3 is 1.96 bits per heavy atom. The van der Waals surface area contributed by atoms with Crippen LogP contribution in [-0.4, -0.2) is 5.17 Å². The normalized spacial score (nSPS) is 11.4. The van der Waals surface area contributed by atoms with E-state index in [1.165, 1.54) is 16.7 Å². The monoisotopic (exact) mass is 318 g/mol. The van der Waals surface area contributed by atoms with E-state index in [0.29, 0.717) is 5.17 Å². The van der Waals surface area contributed by atoms with E-state index in [1.54, 1.807) is 11.8 Å². The lowest BCUT2D eigenvalue weighted by molar-refractivity contribution is 1.42. The third kappa shape index (κ3) is 4.47. The zero-order valence-electron chi connectivity index (χ0n) is 12.7. The van der Waals surface area contributed by atoms with Crippen LogP contribution in [-0.2, 0) is 5.75 Å². The van der Waals surface area contributed by atoms with E-state index in [9.17, 15) is 0 Å². The molecule has 3 aromatic carbocycles. The molecule has 0 saturated heterocycles. The summed E-state index contributed by atoms with van der Waals surface area (Å²) in [4.78, 5) is 4.40. The highest BCUT2D eigenvalue weighted by molar-refractivity contribution is 8.13. The molecule has 0 heterocycles. The first-order valence-corrected chi connectivity index (χ1v) is 8.46. The number of rotatable bonds is 4. The molecule has 3 rings (SSSR count). The fourth-order valence-electron chi connectivity index (χ4n) is 2.24. The molecule has 0 aliphatic carbocycles.